The molecule has 1 heterocycles. The van der Waals surface area contributed by atoms with Crippen LogP contribution in [0, 0.1) is 5.41 Å². The molecule has 0 saturated carbocycles. The molecule has 0 radical (unpaired) electrons. The van der Waals surface area contributed by atoms with Crippen molar-refractivity contribution in [1.82, 2.24) is 0 Å². The van der Waals surface area contributed by atoms with Gasteiger partial charge in [0.15, 0.2) is 6.29 Å². The van der Waals surface area contributed by atoms with Crippen molar-refractivity contribution < 1.29 is 4.79 Å². The molecule has 1 aromatic heterocycles. The number of rotatable bonds is 2. The zero-order valence-electron chi connectivity index (χ0n) is 11.3. The fourth-order valence-electron chi connectivity index (χ4n) is 3.33. The molecule has 1 aliphatic rings. The number of thiophene rings is 1. The first-order chi connectivity index (χ1) is 7.80. The molecule has 3 heteroatoms. The lowest BCUT2D eigenvalue weighted by atomic mass is 9.65. The Hall–Kier alpha value is -0.830. The average molecular weight is 251 g/mol. The summed E-state index contributed by atoms with van der Waals surface area (Å²) in [5, 5.41) is 4.18. The number of nitrogens with one attached hydrogen (secondary N) is 1. The van der Waals surface area contributed by atoms with Gasteiger partial charge in [-0.15, -0.1) is 11.3 Å². The molecule has 2 nitrogen and oxygen atoms in total. The zero-order chi connectivity index (χ0) is 12.8. The zero-order valence-corrected chi connectivity index (χ0v) is 12.1. The van der Waals surface area contributed by atoms with Crippen molar-refractivity contribution in [2.24, 2.45) is 5.41 Å². The van der Waals surface area contributed by atoms with E-state index in [1.165, 1.54) is 16.9 Å². The second kappa shape index (κ2) is 3.84. The van der Waals surface area contributed by atoms with Gasteiger partial charge in [-0.2, -0.15) is 0 Å². The summed E-state index contributed by atoms with van der Waals surface area (Å²) in [4.78, 5) is 12.7. The molecule has 1 aromatic rings. The first-order valence-electron chi connectivity index (χ1n) is 6.10. The molecule has 17 heavy (non-hydrogen) atoms. The molecule has 0 fully saturated rings. The van der Waals surface area contributed by atoms with Crippen molar-refractivity contribution in [2.75, 3.05) is 12.4 Å². The van der Waals surface area contributed by atoms with Crippen molar-refractivity contribution in [1.29, 1.82) is 0 Å². The van der Waals surface area contributed by atoms with Gasteiger partial charge < -0.3 is 5.32 Å². The molecule has 0 bridgehead atoms. The van der Waals surface area contributed by atoms with E-state index in [1.807, 2.05) is 7.05 Å². The summed E-state index contributed by atoms with van der Waals surface area (Å²) in [6, 6.07) is 0. The van der Waals surface area contributed by atoms with Crippen molar-refractivity contribution in [3.05, 3.63) is 16.0 Å². The molecular weight excluding hydrogens is 230 g/mol. The van der Waals surface area contributed by atoms with Gasteiger partial charge in [0, 0.05) is 11.9 Å². The minimum Gasteiger partial charge on any atom is -0.379 e. The first-order valence-corrected chi connectivity index (χ1v) is 6.91. The smallest absolute Gasteiger partial charge is 0.153 e. The summed E-state index contributed by atoms with van der Waals surface area (Å²) >= 11 is 1.75. The van der Waals surface area contributed by atoms with E-state index in [-0.39, 0.29) is 10.8 Å². The largest absolute Gasteiger partial charge is 0.379 e. The van der Waals surface area contributed by atoms with Crippen LogP contribution in [0.25, 0.3) is 0 Å². The Balaban J connectivity index is 2.64. The maximum atomic E-state index is 11.3. The van der Waals surface area contributed by atoms with Crippen LogP contribution in [0.1, 0.15) is 54.9 Å². The Bertz CT molecular complexity index is 457. The van der Waals surface area contributed by atoms with E-state index in [1.54, 1.807) is 11.3 Å². The minimum absolute atomic E-state index is 0.175. The quantitative estimate of drug-likeness (QED) is 0.809. The Labute approximate surface area is 107 Å². The van der Waals surface area contributed by atoms with Crippen LogP contribution in [-0.4, -0.2) is 13.3 Å². The van der Waals surface area contributed by atoms with E-state index in [0.29, 0.717) is 0 Å². The lowest BCUT2D eigenvalue weighted by Crippen LogP contribution is -2.33. The molecule has 2 rings (SSSR count). The minimum atomic E-state index is 0.175. The van der Waals surface area contributed by atoms with Crippen LogP contribution in [0.4, 0.5) is 5.00 Å². The SMILES string of the molecule is CNc1sc2c(c1C=O)CC(C)(C)CC2(C)C. The highest BCUT2D eigenvalue weighted by Gasteiger charge is 2.40. The number of carbonyl (C=O) groups excluding carboxylic acids is 1. The molecule has 0 aromatic carbocycles. The number of aldehydes is 1. The van der Waals surface area contributed by atoms with Gasteiger partial charge in [0.05, 0.1) is 10.6 Å². The highest BCUT2D eigenvalue weighted by atomic mass is 32.1. The number of anilines is 1. The molecular formula is C14H21NOS. The monoisotopic (exact) mass is 251 g/mol. The van der Waals surface area contributed by atoms with Crippen molar-refractivity contribution >= 4 is 22.6 Å². The highest BCUT2D eigenvalue weighted by Crippen LogP contribution is 2.51. The predicted molar refractivity (Wildman–Crippen MR) is 74.4 cm³/mol. The van der Waals surface area contributed by atoms with Crippen molar-refractivity contribution in [2.45, 2.75) is 46.0 Å². The van der Waals surface area contributed by atoms with Crippen LogP contribution < -0.4 is 5.32 Å². The van der Waals surface area contributed by atoms with Crippen LogP contribution >= 0.6 is 11.3 Å². The Morgan fingerprint density at radius 3 is 2.47 bits per heavy atom. The highest BCUT2D eigenvalue weighted by molar-refractivity contribution is 7.16. The number of carbonyl (C=O) groups is 1. The topological polar surface area (TPSA) is 29.1 Å². The van der Waals surface area contributed by atoms with E-state index in [0.717, 1.165) is 23.3 Å². The fraction of sp³-hybridized carbons (Fsp3) is 0.643. The summed E-state index contributed by atoms with van der Waals surface area (Å²) in [5.74, 6) is 0. The summed E-state index contributed by atoms with van der Waals surface area (Å²) in [6.07, 6.45) is 3.20. The molecule has 0 spiro atoms. The van der Waals surface area contributed by atoms with Crippen molar-refractivity contribution in [3.63, 3.8) is 0 Å². The molecule has 0 amide bonds. The maximum absolute atomic E-state index is 11.3. The summed E-state index contributed by atoms with van der Waals surface area (Å²) in [5.41, 5.74) is 2.61. The maximum Gasteiger partial charge on any atom is 0.153 e. The van der Waals surface area contributed by atoms with Gasteiger partial charge in [0.25, 0.3) is 0 Å². The van der Waals surface area contributed by atoms with Crippen LogP contribution in [0.2, 0.25) is 0 Å². The Morgan fingerprint density at radius 2 is 1.94 bits per heavy atom. The van der Waals surface area contributed by atoms with Crippen LogP contribution in [0.3, 0.4) is 0 Å². The number of hydrogen-bond acceptors (Lipinski definition) is 3. The Kier molecular flexibility index (Phi) is 2.85. The fourth-order valence-corrected chi connectivity index (χ4v) is 4.57. The number of hydrogen-bond donors (Lipinski definition) is 1. The molecule has 1 aliphatic carbocycles. The summed E-state index contributed by atoms with van der Waals surface area (Å²) in [6.45, 7) is 9.17. The van der Waals surface area contributed by atoms with Crippen molar-refractivity contribution in [3.8, 4) is 0 Å². The van der Waals surface area contributed by atoms with Gasteiger partial charge in [0.1, 0.15) is 0 Å². The first kappa shape index (κ1) is 12.6. The van der Waals surface area contributed by atoms with Gasteiger partial charge in [-0.1, -0.05) is 27.7 Å². The normalized spacial score (nSPS) is 20.8. The molecule has 0 atom stereocenters. The van der Waals surface area contributed by atoms with Gasteiger partial charge in [-0.3, -0.25) is 4.79 Å². The lowest BCUT2D eigenvalue weighted by molar-refractivity contribution is 0.112. The molecule has 0 unspecified atom stereocenters. The standard InChI is InChI=1S/C14H21NOS/c1-13(2)6-9-10(7-16)12(15-5)17-11(9)14(3,4)8-13/h7,15H,6,8H2,1-5H3. The molecule has 0 saturated heterocycles. The van der Waals surface area contributed by atoms with Crippen LogP contribution in [0.5, 0.6) is 0 Å². The van der Waals surface area contributed by atoms with E-state index < -0.39 is 0 Å². The van der Waals surface area contributed by atoms with E-state index in [2.05, 4.69) is 33.0 Å². The van der Waals surface area contributed by atoms with Crippen LogP contribution in [0.15, 0.2) is 0 Å². The van der Waals surface area contributed by atoms with E-state index in [4.69, 9.17) is 0 Å². The molecule has 1 N–H and O–H groups in total. The Morgan fingerprint density at radius 1 is 1.29 bits per heavy atom. The number of fused-ring (bicyclic) bond motifs is 1. The van der Waals surface area contributed by atoms with Gasteiger partial charge in [-0.25, -0.2) is 0 Å². The van der Waals surface area contributed by atoms with E-state index in [9.17, 15) is 4.79 Å². The third-order valence-electron chi connectivity index (χ3n) is 3.58. The van der Waals surface area contributed by atoms with Gasteiger partial charge >= 0.3 is 0 Å². The van der Waals surface area contributed by atoms with Gasteiger partial charge in [0.2, 0.25) is 0 Å². The second-order valence-electron chi connectivity index (χ2n) is 6.42. The molecule has 94 valence electrons. The summed E-state index contributed by atoms with van der Waals surface area (Å²) in [7, 11) is 1.89. The summed E-state index contributed by atoms with van der Waals surface area (Å²) < 4.78 is 0. The third kappa shape index (κ3) is 2.01. The second-order valence-corrected chi connectivity index (χ2v) is 7.44. The van der Waals surface area contributed by atoms with Gasteiger partial charge in [-0.05, 0) is 29.2 Å². The van der Waals surface area contributed by atoms with E-state index >= 15 is 0 Å². The third-order valence-corrected chi connectivity index (χ3v) is 5.21. The lowest BCUT2D eigenvalue weighted by Gasteiger charge is -2.40. The molecule has 0 aliphatic heterocycles. The van der Waals surface area contributed by atoms with Crippen LogP contribution in [-0.2, 0) is 11.8 Å². The average Bonchev–Trinajstić information content (AvgIpc) is 2.53. The predicted octanol–water partition coefficient (Wildman–Crippen LogP) is 3.85.